The van der Waals surface area contributed by atoms with Crippen molar-refractivity contribution < 1.29 is 18.7 Å². The maximum absolute atomic E-state index is 13.7. The lowest BCUT2D eigenvalue weighted by molar-refractivity contribution is -0.142. The maximum Gasteiger partial charge on any atom is 0.306 e. The second-order valence-corrected chi connectivity index (χ2v) is 5.64. The zero-order valence-corrected chi connectivity index (χ0v) is 11.7. The summed E-state index contributed by atoms with van der Waals surface area (Å²) in [6, 6.07) is 1.89. The van der Waals surface area contributed by atoms with Crippen LogP contribution in [0.2, 0.25) is 0 Å². The summed E-state index contributed by atoms with van der Waals surface area (Å²) >= 11 is 3.11. The number of anilines is 1. The molecule has 0 radical (unpaired) electrons. The number of carboxylic acid groups (broad SMARTS) is 1. The topological polar surface area (TPSA) is 49.3 Å². The van der Waals surface area contributed by atoms with E-state index in [-0.39, 0.29) is 11.7 Å². The third kappa shape index (κ3) is 3.43. The summed E-state index contributed by atoms with van der Waals surface area (Å²) in [6.07, 6.45) is 2.68. The Morgan fingerprint density at radius 1 is 1.37 bits per heavy atom. The maximum atomic E-state index is 13.7. The lowest BCUT2D eigenvalue weighted by Crippen LogP contribution is -2.31. The molecule has 2 atom stereocenters. The Bertz CT molecular complexity index is 473. The van der Waals surface area contributed by atoms with Crippen LogP contribution < -0.4 is 5.32 Å². The van der Waals surface area contributed by atoms with Crippen molar-refractivity contribution in [3.05, 3.63) is 28.2 Å². The van der Waals surface area contributed by atoms with E-state index in [0.717, 1.165) is 18.9 Å². The fourth-order valence-electron chi connectivity index (χ4n) is 2.43. The van der Waals surface area contributed by atoms with Gasteiger partial charge in [0.1, 0.15) is 11.6 Å². The van der Waals surface area contributed by atoms with Crippen LogP contribution in [0.3, 0.4) is 0 Å². The number of halogens is 3. The van der Waals surface area contributed by atoms with Crippen LogP contribution in [0.1, 0.15) is 25.7 Å². The van der Waals surface area contributed by atoms with Gasteiger partial charge >= 0.3 is 5.97 Å². The van der Waals surface area contributed by atoms with E-state index in [0.29, 0.717) is 17.3 Å². The van der Waals surface area contributed by atoms with Crippen LogP contribution in [0, 0.1) is 17.6 Å². The smallest absolute Gasteiger partial charge is 0.306 e. The highest BCUT2D eigenvalue weighted by Crippen LogP contribution is 2.32. The molecule has 19 heavy (non-hydrogen) atoms. The first kappa shape index (κ1) is 14.2. The second-order valence-electron chi connectivity index (χ2n) is 4.79. The molecule has 0 heterocycles. The standard InChI is InChI=1S/C13H14BrF2NO2/c14-10-5-8(15)6-11(16)12(10)17-9-3-1-2-7(4-9)13(18)19/h5-7,9,17H,1-4H2,(H,18,19). The molecule has 0 aromatic heterocycles. The molecule has 1 aliphatic rings. The van der Waals surface area contributed by atoms with Crippen molar-refractivity contribution in [2.24, 2.45) is 5.92 Å². The van der Waals surface area contributed by atoms with Crippen molar-refractivity contribution in [2.45, 2.75) is 31.7 Å². The minimum absolute atomic E-state index is 0.105. The Hall–Kier alpha value is -1.17. The largest absolute Gasteiger partial charge is 0.481 e. The van der Waals surface area contributed by atoms with Gasteiger partial charge in [-0.3, -0.25) is 4.79 Å². The fraction of sp³-hybridized carbons (Fsp3) is 0.462. The average Bonchev–Trinajstić information content (AvgIpc) is 2.34. The van der Waals surface area contributed by atoms with Gasteiger partial charge in [0.05, 0.1) is 11.6 Å². The molecule has 1 aromatic carbocycles. The molecule has 0 saturated heterocycles. The fourth-order valence-corrected chi connectivity index (χ4v) is 2.95. The van der Waals surface area contributed by atoms with Crippen LogP contribution >= 0.6 is 15.9 Å². The second kappa shape index (κ2) is 5.86. The lowest BCUT2D eigenvalue weighted by atomic mass is 9.85. The van der Waals surface area contributed by atoms with Crippen molar-refractivity contribution in [3.63, 3.8) is 0 Å². The molecular weight excluding hydrogens is 320 g/mol. The van der Waals surface area contributed by atoms with E-state index < -0.39 is 23.5 Å². The number of carbonyl (C=O) groups is 1. The van der Waals surface area contributed by atoms with Gasteiger partial charge in [0.25, 0.3) is 0 Å². The third-order valence-corrected chi connectivity index (χ3v) is 4.00. The van der Waals surface area contributed by atoms with E-state index in [9.17, 15) is 13.6 Å². The summed E-state index contributed by atoms with van der Waals surface area (Å²) < 4.78 is 27.0. The predicted octanol–water partition coefficient (Wildman–Crippen LogP) is 3.78. The molecule has 1 fully saturated rings. The number of hydrogen-bond donors (Lipinski definition) is 2. The number of nitrogens with one attached hydrogen (secondary N) is 1. The van der Waals surface area contributed by atoms with Gasteiger partial charge in [0, 0.05) is 16.6 Å². The van der Waals surface area contributed by atoms with Gasteiger partial charge in [-0.1, -0.05) is 6.42 Å². The summed E-state index contributed by atoms with van der Waals surface area (Å²) in [5, 5.41) is 12.0. The lowest BCUT2D eigenvalue weighted by Gasteiger charge is -2.28. The Balaban J connectivity index is 2.11. The van der Waals surface area contributed by atoms with Crippen molar-refractivity contribution >= 4 is 27.6 Å². The molecule has 0 bridgehead atoms. The van der Waals surface area contributed by atoms with Gasteiger partial charge in [-0.2, -0.15) is 0 Å². The molecule has 2 N–H and O–H groups in total. The molecule has 0 aliphatic heterocycles. The normalized spacial score (nSPS) is 23.1. The Kier molecular flexibility index (Phi) is 4.39. The number of hydrogen-bond acceptors (Lipinski definition) is 2. The van der Waals surface area contributed by atoms with Crippen LogP contribution in [0.4, 0.5) is 14.5 Å². The van der Waals surface area contributed by atoms with Crippen molar-refractivity contribution in [1.29, 1.82) is 0 Å². The Labute approximate surface area is 118 Å². The quantitative estimate of drug-likeness (QED) is 0.884. The average molecular weight is 334 g/mol. The molecule has 2 rings (SSSR count). The molecular formula is C13H14BrF2NO2. The van der Waals surface area contributed by atoms with Crippen LogP contribution in [0.25, 0.3) is 0 Å². The highest BCUT2D eigenvalue weighted by Gasteiger charge is 2.27. The van der Waals surface area contributed by atoms with E-state index >= 15 is 0 Å². The van der Waals surface area contributed by atoms with Gasteiger partial charge in [0.2, 0.25) is 0 Å². The molecule has 1 saturated carbocycles. The van der Waals surface area contributed by atoms with E-state index in [4.69, 9.17) is 5.11 Å². The van der Waals surface area contributed by atoms with Crippen molar-refractivity contribution in [3.8, 4) is 0 Å². The number of aliphatic carboxylic acids is 1. The zero-order valence-electron chi connectivity index (χ0n) is 10.1. The Morgan fingerprint density at radius 2 is 2.11 bits per heavy atom. The summed E-state index contributed by atoms with van der Waals surface area (Å²) in [5.41, 5.74) is 0.192. The van der Waals surface area contributed by atoms with Gasteiger partial charge in [-0.05, 0) is 41.3 Å². The first-order valence-corrected chi connectivity index (χ1v) is 6.90. The molecule has 1 aromatic rings. The van der Waals surface area contributed by atoms with Crippen LogP contribution in [-0.4, -0.2) is 17.1 Å². The molecule has 0 amide bonds. The first-order chi connectivity index (χ1) is 8.97. The number of rotatable bonds is 3. The number of carboxylic acids is 1. The third-order valence-electron chi connectivity index (χ3n) is 3.38. The summed E-state index contributed by atoms with van der Waals surface area (Å²) in [7, 11) is 0. The van der Waals surface area contributed by atoms with Gasteiger partial charge in [-0.25, -0.2) is 8.78 Å². The molecule has 1 aliphatic carbocycles. The minimum Gasteiger partial charge on any atom is -0.481 e. The van der Waals surface area contributed by atoms with E-state index in [1.807, 2.05) is 0 Å². The molecule has 3 nitrogen and oxygen atoms in total. The van der Waals surface area contributed by atoms with Gasteiger partial charge in [-0.15, -0.1) is 0 Å². The van der Waals surface area contributed by atoms with Crippen molar-refractivity contribution in [2.75, 3.05) is 5.32 Å². The summed E-state index contributed by atoms with van der Waals surface area (Å²) in [6.45, 7) is 0. The highest BCUT2D eigenvalue weighted by molar-refractivity contribution is 9.10. The first-order valence-electron chi connectivity index (χ1n) is 6.11. The van der Waals surface area contributed by atoms with Gasteiger partial charge in [0.15, 0.2) is 0 Å². The monoisotopic (exact) mass is 333 g/mol. The molecule has 104 valence electrons. The van der Waals surface area contributed by atoms with E-state index in [1.54, 1.807) is 0 Å². The van der Waals surface area contributed by atoms with Crippen LogP contribution in [-0.2, 0) is 4.79 Å². The summed E-state index contributed by atoms with van der Waals surface area (Å²) in [5.74, 6) is -2.54. The van der Waals surface area contributed by atoms with E-state index in [2.05, 4.69) is 21.2 Å². The van der Waals surface area contributed by atoms with Crippen LogP contribution in [0.15, 0.2) is 16.6 Å². The Morgan fingerprint density at radius 3 is 2.74 bits per heavy atom. The highest BCUT2D eigenvalue weighted by atomic mass is 79.9. The zero-order chi connectivity index (χ0) is 14.0. The number of benzene rings is 1. The SMILES string of the molecule is O=C(O)C1CCCC(Nc2c(F)cc(F)cc2Br)C1. The minimum atomic E-state index is -0.815. The van der Waals surface area contributed by atoms with E-state index in [1.165, 1.54) is 6.07 Å². The summed E-state index contributed by atoms with van der Waals surface area (Å²) in [4.78, 5) is 11.0. The molecule has 0 spiro atoms. The van der Waals surface area contributed by atoms with Crippen molar-refractivity contribution in [1.82, 2.24) is 0 Å². The molecule has 6 heteroatoms. The van der Waals surface area contributed by atoms with Gasteiger partial charge < -0.3 is 10.4 Å². The van der Waals surface area contributed by atoms with Crippen LogP contribution in [0.5, 0.6) is 0 Å². The molecule has 2 unspecified atom stereocenters. The predicted molar refractivity (Wildman–Crippen MR) is 71.1 cm³/mol.